The fraction of sp³-hybridized carbons (Fsp3) is 0.435. The Labute approximate surface area is 167 Å². The molecule has 28 heavy (non-hydrogen) atoms. The summed E-state index contributed by atoms with van der Waals surface area (Å²) in [5.74, 6) is -0.590. The van der Waals surface area contributed by atoms with Gasteiger partial charge in [0.15, 0.2) is 0 Å². The van der Waals surface area contributed by atoms with E-state index >= 15 is 0 Å². The van der Waals surface area contributed by atoms with Crippen molar-refractivity contribution in [3.63, 3.8) is 0 Å². The molecule has 4 rings (SSSR count). The van der Waals surface area contributed by atoms with Crippen LogP contribution in [0, 0.1) is 18.3 Å². The number of benzene rings is 2. The lowest BCUT2D eigenvalue weighted by Gasteiger charge is -2.34. The minimum Gasteiger partial charge on any atom is -0.273 e. The van der Waals surface area contributed by atoms with Crippen LogP contribution in [0.5, 0.6) is 0 Å². The van der Waals surface area contributed by atoms with E-state index in [0.29, 0.717) is 0 Å². The molecule has 0 aromatic heterocycles. The SMILES string of the molecule is CCCC[C@@]12Cc3ccccc3[C@@H]1N(S(=O)(=O)c1ccc(C)cc1)C(=O)[C@H]2C. The zero-order chi connectivity index (χ0) is 20.1. The average molecular weight is 398 g/mol. The van der Waals surface area contributed by atoms with E-state index in [9.17, 15) is 13.2 Å². The molecule has 1 amide bonds. The van der Waals surface area contributed by atoms with Gasteiger partial charge in [0.1, 0.15) is 0 Å². The highest BCUT2D eigenvalue weighted by molar-refractivity contribution is 7.89. The summed E-state index contributed by atoms with van der Waals surface area (Å²) < 4.78 is 28.4. The molecular formula is C23H27NO3S. The van der Waals surface area contributed by atoms with Crippen LogP contribution in [0.1, 0.15) is 55.8 Å². The van der Waals surface area contributed by atoms with Crippen LogP contribution in [0.25, 0.3) is 0 Å². The Hall–Kier alpha value is -2.14. The number of hydrogen-bond acceptors (Lipinski definition) is 3. The first-order chi connectivity index (χ1) is 13.3. The highest BCUT2D eigenvalue weighted by atomic mass is 32.2. The summed E-state index contributed by atoms with van der Waals surface area (Å²) in [6, 6.07) is 14.4. The number of carbonyl (C=O) groups excluding carboxylic acids is 1. The van der Waals surface area contributed by atoms with Crippen LogP contribution in [0.3, 0.4) is 0 Å². The molecule has 1 heterocycles. The van der Waals surface area contributed by atoms with Crippen molar-refractivity contribution < 1.29 is 13.2 Å². The van der Waals surface area contributed by atoms with Crippen molar-refractivity contribution in [3.05, 3.63) is 65.2 Å². The number of nitrogens with zero attached hydrogens (tertiary/aromatic N) is 1. The minimum absolute atomic E-state index is 0.189. The Morgan fingerprint density at radius 2 is 1.79 bits per heavy atom. The Kier molecular flexibility index (Phi) is 4.61. The second kappa shape index (κ2) is 6.73. The van der Waals surface area contributed by atoms with Gasteiger partial charge in [0.05, 0.1) is 10.9 Å². The van der Waals surface area contributed by atoms with Crippen molar-refractivity contribution in [1.82, 2.24) is 4.31 Å². The zero-order valence-electron chi connectivity index (χ0n) is 16.7. The van der Waals surface area contributed by atoms with E-state index in [-0.39, 0.29) is 22.1 Å². The first-order valence-corrected chi connectivity index (χ1v) is 11.5. The largest absolute Gasteiger partial charge is 0.273 e. The second-order valence-electron chi connectivity index (χ2n) is 8.29. The van der Waals surface area contributed by atoms with E-state index in [1.807, 2.05) is 32.0 Å². The topological polar surface area (TPSA) is 54.5 Å². The first-order valence-electron chi connectivity index (χ1n) is 10.1. The highest BCUT2D eigenvalue weighted by Crippen LogP contribution is 2.62. The van der Waals surface area contributed by atoms with Crippen LogP contribution in [-0.2, 0) is 21.2 Å². The van der Waals surface area contributed by atoms with E-state index in [1.54, 1.807) is 24.3 Å². The summed E-state index contributed by atoms with van der Waals surface area (Å²) in [6.45, 7) is 5.97. The predicted octanol–water partition coefficient (Wildman–Crippen LogP) is 4.64. The van der Waals surface area contributed by atoms with E-state index in [0.717, 1.165) is 36.8 Å². The van der Waals surface area contributed by atoms with Crippen molar-refractivity contribution in [3.8, 4) is 0 Å². The Morgan fingerprint density at radius 1 is 1.11 bits per heavy atom. The monoisotopic (exact) mass is 397 g/mol. The standard InChI is InChI=1S/C23H27NO3S/c1-4-5-14-23-15-18-8-6-7-9-20(18)21(23)24(22(25)17(23)3)28(26,27)19-12-10-16(2)11-13-19/h6-13,17,21H,4-5,14-15H2,1-3H3/t17-,21+,23+/m1/s1. The predicted molar refractivity (Wildman–Crippen MR) is 109 cm³/mol. The second-order valence-corrected chi connectivity index (χ2v) is 10.1. The van der Waals surface area contributed by atoms with Gasteiger partial charge < -0.3 is 0 Å². The lowest BCUT2D eigenvalue weighted by molar-refractivity contribution is -0.127. The Balaban J connectivity index is 1.88. The maximum absolute atomic E-state index is 13.6. The van der Waals surface area contributed by atoms with Gasteiger partial charge in [0, 0.05) is 11.3 Å². The number of unbranched alkanes of at least 4 members (excludes halogenated alkanes) is 1. The van der Waals surface area contributed by atoms with Crippen molar-refractivity contribution in [2.75, 3.05) is 0 Å². The maximum atomic E-state index is 13.6. The van der Waals surface area contributed by atoms with Gasteiger partial charge in [0.2, 0.25) is 5.91 Å². The van der Waals surface area contributed by atoms with E-state index in [4.69, 9.17) is 0 Å². The number of sulfonamides is 1. The van der Waals surface area contributed by atoms with Gasteiger partial charge in [-0.2, -0.15) is 0 Å². The maximum Gasteiger partial charge on any atom is 0.267 e. The number of aryl methyl sites for hydroxylation is 1. The van der Waals surface area contributed by atoms with Crippen LogP contribution in [-0.4, -0.2) is 18.6 Å². The van der Waals surface area contributed by atoms with Gasteiger partial charge in [-0.1, -0.05) is 68.7 Å². The van der Waals surface area contributed by atoms with Gasteiger partial charge in [-0.05, 0) is 43.0 Å². The van der Waals surface area contributed by atoms with Crippen LogP contribution in [0.4, 0.5) is 0 Å². The molecular weight excluding hydrogens is 370 g/mol. The van der Waals surface area contributed by atoms with Gasteiger partial charge in [-0.25, -0.2) is 12.7 Å². The minimum atomic E-state index is -3.91. The van der Waals surface area contributed by atoms with Crippen LogP contribution < -0.4 is 0 Å². The van der Waals surface area contributed by atoms with Crippen LogP contribution >= 0.6 is 0 Å². The summed E-state index contributed by atoms with van der Waals surface area (Å²) in [5, 5.41) is 0. The summed E-state index contributed by atoms with van der Waals surface area (Å²) in [5.41, 5.74) is 2.80. The Bertz CT molecular complexity index is 1010. The normalized spacial score (nSPS) is 26.4. The lowest BCUT2D eigenvalue weighted by atomic mass is 9.70. The summed E-state index contributed by atoms with van der Waals surface area (Å²) in [6.07, 6.45) is 3.63. The average Bonchev–Trinajstić information content (AvgIpc) is 3.11. The van der Waals surface area contributed by atoms with E-state index in [2.05, 4.69) is 13.0 Å². The molecule has 148 valence electrons. The number of rotatable bonds is 5. The number of carbonyl (C=O) groups is 1. The molecule has 1 saturated heterocycles. The molecule has 0 radical (unpaired) electrons. The lowest BCUT2D eigenvalue weighted by Crippen LogP contribution is -2.36. The van der Waals surface area contributed by atoms with Crippen LogP contribution in [0.15, 0.2) is 53.4 Å². The van der Waals surface area contributed by atoms with Crippen molar-refractivity contribution in [2.24, 2.45) is 11.3 Å². The highest BCUT2D eigenvalue weighted by Gasteiger charge is 2.63. The molecule has 0 saturated carbocycles. The molecule has 5 heteroatoms. The number of amides is 1. The molecule has 0 spiro atoms. The fourth-order valence-electron chi connectivity index (χ4n) is 5.07. The first kappa shape index (κ1) is 19.2. The van der Waals surface area contributed by atoms with Crippen molar-refractivity contribution in [1.29, 1.82) is 0 Å². The van der Waals surface area contributed by atoms with Gasteiger partial charge in [0.25, 0.3) is 10.0 Å². The molecule has 1 aliphatic heterocycles. The molecule has 1 fully saturated rings. The molecule has 2 aromatic rings. The summed E-state index contributed by atoms with van der Waals surface area (Å²) in [4.78, 5) is 13.5. The third-order valence-corrected chi connectivity index (χ3v) is 8.45. The smallest absolute Gasteiger partial charge is 0.267 e. The van der Waals surface area contributed by atoms with Crippen molar-refractivity contribution in [2.45, 2.75) is 57.4 Å². The molecule has 0 unspecified atom stereocenters. The van der Waals surface area contributed by atoms with E-state index < -0.39 is 16.1 Å². The summed E-state index contributed by atoms with van der Waals surface area (Å²) in [7, 11) is -3.91. The molecule has 1 aliphatic carbocycles. The fourth-order valence-corrected chi connectivity index (χ4v) is 6.77. The number of hydrogen-bond donors (Lipinski definition) is 0. The van der Waals surface area contributed by atoms with Crippen LogP contribution in [0.2, 0.25) is 0 Å². The van der Waals surface area contributed by atoms with Gasteiger partial charge in [-0.3, -0.25) is 4.79 Å². The van der Waals surface area contributed by atoms with Gasteiger partial charge >= 0.3 is 0 Å². The number of fused-ring (bicyclic) bond motifs is 3. The molecule has 0 N–H and O–H groups in total. The molecule has 2 aliphatic rings. The third-order valence-electron chi connectivity index (χ3n) is 6.67. The summed E-state index contributed by atoms with van der Waals surface area (Å²) >= 11 is 0. The third kappa shape index (κ3) is 2.63. The molecule has 0 bridgehead atoms. The molecule has 4 nitrogen and oxygen atoms in total. The van der Waals surface area contributed by atoms with E-state index in [1.165, 1.54) is 9.87 Å². The zero-order valence-corrected chi connectivity index (χ0v) is 17.5. The Morgan fingerprint density at radius 3 is 2.46 bits per heavy atom. The molecule has 3 atom stereocenters. The quantitative estimate of drug-likeness (QED) is 0.739. The van der Waals surface area contributed by atoms with Crippen molar-refractivity contribution >= 4 is 15.9 Å². The molecule has 2 aromatic carbocycles. The van der Waals surface area contributed by atoms with Gasteiger partial charge in [-0.15, -0.1) is 0 Å².